The third kappa shape index (κ3) is 3.88. The van der Waals surface area contributed by atoms with E-state index >= 15 is 0 Å². The predicted molar refractivity (Wildman–Crippen MR) is 79.5 cm³/mol. The topological polar surface area (TPSA) is 98.4 Å². The lowest BCUT2D eigenvalue weighted by Crippen LogP contribution is -2.49. The van der Waals surface area contributed by atoms with E-state index in [-0.39, 0.29) is 17.8 Å². The van der Waals surface area contributed by atoms with E-state index < -0.39 is 17.8 Å². The van der Waals surface area contributed by atoms with Crippen LogP contribution in [0.1, 0.15) is 46.1 Å². The summed E-state index contributed by atoms with van der Waals surface area (Å²) in [5.41, 5.74) is -0.856. The minimum atomic E-state index is -0.588. The predicted octanol–water partition coefficient (Wildman–Crippen LogP) is 0.561. The number of ether oxygens (including phenoxy) is 1. The highest BCUT2D eigenvalue weighted by atomic mass is 16.6. The maximum absolute atomic E-state index is 12.1. The fourth-order valence-corrected chi connectivity index (χ4v) is 2.64. The van der Waals surface area contributed by atoms with E-state index in [2.05, 4.69) is 10.4 Å². The summed E-state index contributed by atoms with van der Waals surface area (Å²) in [6.45, 7) is 5.37. The molecule has 2 rings (SSSR count). The smallest absolute Gasteiger partial charge is 0.407 e. The van der Waals surface area contributed by atoms with Gasteiger partial charge in [-0.15, -0.1) is 0 Å². The second kappa shape index (κ2) is 6.12. The normalized spacial score (nSPS) is 25.8. The molecule has 1 aliphatic rings. The van der Waals surface area contributed by atoms with E-state index in [0.717, 1.165) is 0 Å². The second-order valence-electron chi connectivity index (χ2n) is 6.76. The van der Waals surface area contributed by atoms with Gasteiger partial charge in [0.2, 0.25) is 0 Å². The molecule has 0 aliphatic heterocycles. The van der Waals surface area contributed by atoms with Crippen LogP contribution in [0.25, 0.3) is 0 Å². The van der Waals surface area contributed by atoms with Gasteiger partial charge >= 0.3 is 11.8 Å². The molecule has 124 valence electrons. The number of carbonyl (C=O) groups excluding carboxylic acids is 1. The van der Waals surface area contributed by atoms with Crippen LogP contribution in [0, 0.1) is 0 Å². The Bertz CT molecular complexity index is 586. The number of alkyl carbamates (subject to hydrolysis) is 1. The van der Waals surface area contributed by atoms with Crippen molar-refractivity contribution in [3.8, 4) is 0 Å². The van der Waals surface area contributed by atoms with Crippen molar-refractivity contribution in [1.29, 1.82) is 0 Å². The van der Waals surface area contributed by atoms with Crippen LogP contribution in [0.2, 0.25) is 0 Å². The van der Waals surface area contributed by atoms with Gasteiger partial charge in [-0.1, -0.05) is 0 Å². The summed E-state index contributed by atoms with van der Waals surface area (Å²) in [5.74, 6) is 0. The number of nitrogens with one attached hydrogen (secondary N) is 1. The highest BCUT2D eigenvalue weighted by molar-refractivity contribution is 5.68. The number of nitrogens with zero attached hydrogens (tertiary/aromatic N) is 3. The number of aliphatic hydroxyl groups excluding tert-OH is 1. The molecule has 1 aliphatic carbocycles. The number of rotatable bonds is 2. The lowest BCUT2D eigenvalue weighted by molar-refractivity contribution is 0.0383. The van der Waals surface area contributed by atoms with Crippen molar-refractivity contribution in [3.05, 3.63) is 16.8 Å². The SMILES string of the molecule is Cn1cnn(C2CC(O)CCC2NC(=O)OC(C)(C)C)c1=O. The van der Waals surface area contributed by atoms with Crippen LogP contribution >= 0.6 is 0 Å². The first kappa shape index (κ1) is 16.5. The van der Waals surface area contributed by atoms with E-state index in [0.29, 0.717) is 19.3 Å². The lowest BCUT2D eigenvalue weighted by atomic mass is 9.88. The van der Waals surface area contributed by atoms with Crippen LogP contribution in [-0.2, 0) is 11.8 Å². The molecule has 1 aromatic heterocycles. The summed E-state index contributed by atoms with van der Waals surface area (Å²) in [5, 5.41) is 16.8. The van der Waals surface area contributed by atoms with Gasteiger partial charge in [0.25, 0.3) is 0 Å². The Morgan fingerprint density at radius 2 is 2.14 bits per heavy atom. The van der Waals surface area contributed by atoms with Gasteiger partial charge in [0.15, 0.2) is 0 Å². The molecular formula is C14H24N4O4. The fourth-order valence-electron chi connectivity index (χ4n) is 2.64. The molecule has 22 heavy (non-hydrogen) atoms. The van der Waals surface area contributed by atoms with Gasteiger partial charge in [0.05, 0.1) is 18.2 Å². The van der Waals surface area contributed by atoms with Gasteiger partial charge in [-0.05, 0) is 40.0 Å². The molecule has 3 atom stereocenters. The van der Waals surface area contributed by atoms with Crippen molar-refractivity contribution in [1.82, 2.24) is 19.7 Å². The average molecular weight is 312 g/mol. The number of aliphatic hydroxyl groups is 1. The van der Waals surface area contributed by atoms with E-state index in [1.165, 1.54) is 15.6 Å². The molecule has 1 aromatic rings. The molecule has 2 N–H and O–H groups in total. The Hall–Kier alpha value is -1.83. The van der Waals surface area contributed by atoms with Crippen molar-refractivity contribution in [3.63, 3.8) is 0 Å². The first-order valence-corrected chi connectivity index (χ1v) is 7.45. The number of hydrogen-bond donors (Lipinski definition) is 2. The Kier molecular flexibility index (Phi) is 4.60. The Morgan fingerprint density at radius 1 is 1.45 bits per heavy atom. The van der Waals surface area contributed by atoms with Crippen LogP contribution in [0.4, 0.5) is 4.79 Å². The second-order valence-corrected chi connectivity index (χ2v) is 6.76. The van der Waals surface area contributed by atoms with Crippen LogP contribution in [0.3, 0.4) is 0 Å². The van der Waals surface area contributed by atoms with Crippen molar-refractivity contribution < 1.29 is 14.6 Å². The average Bonchev–Trinajstić information content (AvgIpc) is 2.70. The number of carbonyl (C=O) groups is 1. The van der Waals surface area contributed by atoms with Gasteiger partial charge in [-0.2, -0.15) is 5.10 Å². The van der Waals surface area contributed by atoms with Gasteiger partial charge in [0.1, 0.15) is 11.9 Å². The monoisotopic (exact) mass is 312 g/mol. The van der Waals surface area contributed by atoms with Crippen LogP contribution in [0.5, 0.6) is 0 Å². The molecule has 0 spiro atoms. The molecule has 0 aromatic carbocycles. The Labute approximate surface area is 129 Å². The molecule has 1 amide bonds. The van der Waals surface area contributed by atoms with E-state index in [9.17, 15) is 14.7 Å². The lowest BCUT2D eigenvalue weighted by Gasteiger charge is -2.34. The summed E-state index contributed by atoms with van der Waals surface area (Å²) in [6.07, 6.45) is 1.90. The van der Waals surface area contributed by atoms with Crippen LogP contribution in [-0.4, -0.2) is 43.3 Å². The quantitative estimate of drug-likeness (QED) is 0.831. The number of amides is 1. The summed E-state index contributed by atoms with van der Waals surface area (Å²) < 4.78 is 7.95. The van der Waals surface area contributed by atoms with E-state index in [4.69, 9.17) is 4.74 Å². The summed E-state index contributed by atoms with van der Waals surface area (Å²) in [6, 6.07) is -0.684. The maximum Gasteiger partial charge on any atom is 0.407 e. The highest BCUT2D eigenvalue weighted by Crippen LogP contribution is 2.28. The van der Waals surface area contributed by atoms with Gasteiger partial charge in [-0.25, -0.2) is 14.3 Å². The first-order valence-electron chi connectivity index (χ1n) is 7.45. The maximum atomic E-state index is 12.1. The summed E-state index contributed by atoms with van der Waals surface area (Å²) in [4.78, 5) is 24.0. The zero-order valence-electron chi connectivity index (χ0n) is 13.4. The molecule has 0 radical (unpaired) electrons. The first-order chi connectivity index (χ1) is 10.2. The molecule has 1 heterocycles. The summed E-state index contributed by atoms with van der Waals surface area (Å²) >= 11 is 0. The number of aromatic nitrogens is 3. The van der Waals surface area contributed by atoms with Gasteiger partial charge < -0.3 is 15.2 Å². The fraction of sp³-hybridized carbons (Fsp3) is 0.786. The van der Waals surface area contributed by atoms with Crippen molar-refractivity contribution in [2.75, 3.05) is 0 Å². The molecule has 8 nitrogen and oxygen atoms in total. The number of hydrogen-bond acceptors (Lipinski definition) is 5. The summed E-state index contributed by atoms with van der Waals surface area (Å²) in [7, 11) is 1.61. The minimum Gasteiger partial charge on any atom is -0.444 e. The highest BCUT2D eigenvalue weighted by Gasteiger charge is 2.34. The molecule has 0 saturated heterocycles. The molecule has 8 heteroatoms. The molecule has 1 saturated carbocycles. The van der Waals surface area contributed by atoms with E-state index in [1.807, 2.05) is 0 Å². The zero-order valence-corrected chi connectivity index (χ0v) is 13.4. The van der Waals surface area contributed by atoms with Gasteiger partial charge in [-0.3, -0.25) is 4.57 Å². The standard InChI is InChI=1S/C14H24N4O4/c1-14(2,3)22-12(20)16-10-6-5-9(19)7-11(10)18-13(21)17(4)8-15-18/h8-11,19H,5-7H2,1-4H3,(H,16,20). The Morgan fingerprint density at radius 3 is 2.68 bits per heavy atom. The Balaban J connectivity index is 2.15. The minimum absolute atomic E-state index is 0.268. The van der Waals surface area contributed by atoms with Crippen LogP contribution < -0.4 is 11.0 Å². The molecular weight excluding hydrogens is 288 g/mol. The van der Waals surface area contributed by atoms with Crippen molar-refractivity contribution >= 4 is 6.09 Å². The van der Waals surface area contributed by atoms with E-state index in [1.54, 1.807) is 27.8 Å². The number of aryl methyl sites for hydroxylation is 1. The van der Waals surface area contributed by atoms with Crippen molar-refractivity contribution in [2.45, 2.75) is 63.8 Å². The van der Waals surface area contributed by atoms with Gasteiger partial charge in [0, 0.05) is 7.05 Å². The largest absolute Gasteiger partial charge is 0.444 e. The molecule has 1 fully saturated rings. The zero-order chi connectivity index (χ0) is 16.5. The molecule has 3 unspecified atom stereocenters. The van der Waals surface area contributed by atoms with Crippen LogP contribution in [0.15, 0.2) is 11.1 Å². The van der Waals surface area contributed by atoms with Crippen molar-refractivity contribution in [2.24, 2.45) is 7.05 Å². The third-order valence-corrected chi connectivity index (χ3v) is 3.65. The molecule has 0 bridgehead atoms. The third-order valence-electron chi connectivity index (χ3n) is 3.65.